The van der Waals surface area contributed by atoms with Crippen LogP contribution >= 0.6 is 12.2 Å². The molecule has 1 amide bonds. The molecule has 0 aliphatic carbocycles. The predicted molar refractivity (Wildman–Crippen MR) is 96.2 cm³/mol. The summed E-state index contributed by atoms with van der Waals surface area (Å²) in [6, 6.07) is 9.81. The molecule has 3 rings (SSSR count). The van der Waals surface area contributed by atoms with Crippen molar-refractivity contribution in [1.29, 1.82) is 0 Å². The number of benzene rings is 2. The zero-order valence-electron chi connectivity index (χ0n) is 13.5. The number of rotatable bonds is 4. The van der Waals surface area contributed by atoms with Gasteiger partial charge in [0, 0.05) is 0 Å². The van der Waals surface area contributed by atoms with Crippen LogP contribution in [-0.4, -0.2) is 24.1 Å². The summed E-state index contributed by atoms with van der Waals surface area (Å²) in [5.41, 5.74) is 1.15. The van der Waals surface area contributed by atoms with E-state index in [1.807, 2.05) is 0 Å². The molecular formula is C18H13FN2O4S. The van der Waals surface area contributed by atoms with Crippen molar-refractivity contribution < 1.29 is 23.5 Å². The molecule has 0 bridgehead atoms. The number of amides is 1. The molecule has 0 unspecified atom stereocenters. The Morgan fingerprint density at radius 3 is 2.46 bits per heavy atom. The second-order valence-electron chi connectivity index (χ2n) is 5.27. The minimum absolute atomic E-state index is 0.198. The quantitative estimate of drug-likeness (QED) is 0.372. The highest BCUT2D eigenvalue weighted by Gasteiger charge is 2.20. The number of halogens is 1. The molecule has 2 N–H and O–H groups in total. The van der Waals surface area contributed by atoms with E-state index < -0.39 is 11.8 Å². The van der Waals surface area contributed by atoms with E-state index in [2.05, 4.69) is 10.6 Å². The molecule has 6 nitrogen and oxygen atoms in total. The van der Waals surface area contributed by atoms with Crippen LogP contribution in [0.5, 0.6) is 11.5 Å². The van der Waals surface area contributed by atoms with Crippen molar-refractivity contribution in [1.82, 2.24) is 10.6 Å². The van der Waals surface area contributed by atoms with Crippen LogP contribution in [0.3, 0.4) is 0 Å². The topological polar surface area (TPSA) is 76.7 Å². The third-order valence-electron chi connectivity index (χ3n) is 3.50. The molecule has 0 saturated carbocycles. The highest BCUT2D eigenvalue weighted by Crippen LogP contribution is 2.29. The van der Waals surface area contributed by atoms with Crippen molar-refractivity contribution in [2.75, 3.05) is 7.11 Å². The summed E-state index contributed by atoms with van der Waals surface area (Å²) >= 11 is 4.87. The Morgan fingerprint density at radius 2 is 1.85 bits per heavy atom. The second kappa shape index (κ2) is 7.32. The summed E-state index contributed by atoms with van der Waals surface area (Å²) in [4.78, 5) is 23.8. The summed E-state index contributed by atoms with van der Waals surface area (Å²) < 4.78 is 23.5. The highest BCUT2D eigenvalue weighted by atomic mass is 32.1. The number of thiocarbonyl (C=S) groups is 1. The van der Waals surface area contributed by atoms with Gasteiger partial charge in [0.05, 0.1) is 12.7 Å². The van der Waals surface area contributed by atoms with E-state index in [0.717, 1.165) is 0 Å². The molecule has 0 aromatic heterocycles. The van der Waals surface area contributed by atoms with Crippen LogP contribution in [0.15, 0.2) is 48.2 Å². The lowest BCUT2D eigenvalue weighted by Gasteiger charge is -2.10. The fraction of sp³-hybridized carbons (Fsp3) is 0.0556. The molecule has 132 valence electrons. The summed E-state index contributed by atoms with van der Waals surface area (Å²) in [7, 11) is 1.43. The van der Waals surface area contributed by atoms with E-state index in [9.17, 15) is 14.0 Å². The zero-order chi connectivity index (χ0) is 18.7. The van der Waals surface area contributed by atoms with E-state index in [0.29, 0.717) is 17.0 Å². The van der Waals surface area contributed by atoms with Gasteiger partial charge in [-0.1, -0.05) is 6.07 Å². The van der Waals surface area contributed by atoms with Crippen LogP contribution in [0.25, 0.3) is 6.08 Å². The number of nitrogens with one attached hydrogen (secondary N) is 2. The zero-order valence-corrected chi connectivity index (χ0v) is 14.4. The first kappa shape index (κ1) is 17.6. The first-order chi connectivity index (χ1) is 12.5. The van der Waals surface area contributed by atoms with Crippen molar-refractivity contribution in [3.05, 3.63) is 65.1 Å². The van der Waals surface area contributed by atoms with E-state index >= 15 is 0 Å². The van der Waals surface area contributed by atoms with Crippen LogP contribution in [0.2, 0.25) is 0 Å². The number of carbonyl (C=O) groups excluding carboxylic acids is 2. The first-order valence-corrected chi connectivity index (χ1v) is 7.87. The van der Waals surface area contributed by atoms with Gasteiger partial charge in [0.25, 0.3) is 5.91 Å². The smallest absolute Gasteiger partial charge is 0.343 e. The van der Waals surface area contributed by atoms with Crippen LogP contribution in [0.4, 0.5) is 4.39 Å². The molecule has 2 aromatic rings. The second-order valence-corrected chi connectivity index (χ2v) is 5.68. The maximum absolute atomic E-state index is 12.9. The van der Waals surface area contributed by atoms with Crippen molar-refractivity contribution >= 4 is 35.3 Å². The molecule has 8 heteroatoms. The SMILES string of the molecule is COc1cc(C=C2NC(=S)NC2=O)ccc1OC(=O)c1ccc(F)cc1. The van der Waals surface area contributed by atoms with Gasteiger partial charge < -0.3 is 14.8 Å². The van der Waals surface area contributed by atoms with Gasteiger partial charge in [0.2, 0.25) is 0 Å². The molecule has 1 aliphatic heterocycles. The molecule has 1 heterocycles. The standard InChI is InChI=1S/C18H13FN2O4S/c1-24-15-9-10(8-13-16(22)21-18(26)20-13)2-7-14(15)25-17(23)11-3-5-12(19)6-4-11/h2-9H,1H3,(H2,20,21,22,26). The van der Waals surface area contributed by atoms with Gasteiger partial charge in [-0.2, -0.15) is 0 Å². The molecule has 1 aliphatic rings. The van der Waals surface area contributed by atoms with Gasteiger partial charge in [-0.05, 0) is 60.3 Å². The van der Waals surface area contributed by atoms with Crippen LogP contribution in [-0.2, 0) is 4.79 Å². The average molecular weight is 372 g/mol. The van der Waals surface area contributed by atoms with Crippen molar-refractivity contribution in [3.8, 4) is 11.5 Å². The maximum Gasteiger partial charge on any atom is 0.343 e. The van der Waals surface area contributed by atoms with Crippen molar-refractivity contribution in [2.45, 2.75) is 0 Å². The summed E-state index contributed by atoms with van der Waals surface area (Å²) in [5.74, 6) is -0.919. The Morgan fingerprint density at radius 1 is 1.12 bits per heavy atom. The molecule has 26 heavy (non-hydrogen) atoms. The Balaban J connectivity index is 1.82. The molecule has 0 atom stereocenters. The van der Waals surface area contributed by atoms with E-state index in [4.69, 9.17) is 21.7 Å². The summed E-state index contributed by atoms with van der Waals surface area (Å²) in [6.07, 6.45) is 1.59. The van der Waals surface area contributed by atoms with Crippen LogP contribution in [0.1, 0.15) is 15.9 Å². The lowest BCUT2D eigenvalue weighted by Crippen LogP contribution is -2.21. The van der Waals surface area contributed by atoms with Gasteiger partial charge in [-0.25, -0.2) is 9.18 Å². The minimum Gasteiger partial charge on any atom is -0.493 e. The number of hydrogen-bond donors (Lipinski definition) is 2. The maximum atomic E-state index is 12.9. The van der Waals surface area contributed by atoms with Gasteiger partial charge in [0.15, 0.2) is 16.6 Å². The predicted octanol–water partition coefficient (Wildman–Crippen LogP) is 2.40. The Bertz CT molecular complexity index is 925. The molecule has 1 fully saturated rings. The molecule has 2 aromatic carbocycles. The van der Waals surface area contributed by atoms with Gasteiger partial charge in [0.1, 0.15) is 11.5 Å². The molecular weight excluding hydrogens is 359 g/mol. The normalized spacial score (nSPS) is 14.8. The summed E-state index contributed by atoms with van der Waals surface area (Å²) in [5, 5.41) is 5.43. The fourth-order valence-corrected chi connectivity index (χ4v) is 2.45. The molecule has 1 saturated heterocycles. The van der Waals surface area contributed by atoms with Crippen LogP contribution < -0.4 is 20.1 Å². The monoisotopic (exact) mass is 372 g/mol. The van der Waals surface area contributed by atoms with Crippen molar-refractivity contribution in [3.63, 3.8) is 0 Å². The Labute approximate surface area is 153 Å². The fourth-order valence-electron chi connectivity index (χ4n) is 2.25. The largest absolute Gasteiger partial charge is 0.493 e. The highest BCUT2D eigenvalue weighted by molar-refractivity contribution is 7.80. The Hall–Kier alpha value is -3.26. The number of hydrogen-bond acceptors (Lipinski definition) is 5. The number of methoxy groups -OCH3 is 1. The summed E-state index contributed by atoms with van der Waals surface area (Å²) in [6.45, 7) is 0. The molecule has 0 spiro atoms. The number of carbonyl (C=O) groups is 2. The van der Waals surface area contributed by atoms with Crippen LogP contribution in [0, 0.1) is 5.82 Å². The van der Waals surface area contributed by atoms with Crippen molar-refractivity contribution in [2.24, 2.45) is 0 Å². The average Bonchev–Trinajstić information content (AvgIpc) is 2.93. The minimum atomic E-state index is -0.642. The van der Waals surface area contributed by atoms with Gasteiger partial charge in [-0.3, -0.25) is 10.1 Å². The van der Waals surface area contributed by atoms with E-state index in [1.165, 1.54) is 37.4 Å². The van der Waals surface area contributed by atoms with Gasteiger partial charge >= 0.3 is 5.97 Å². The lowest BCUT2D eigenvalue weighted by molar-refractivity contribution is -0.115. The van der Waals surface area contributed by atoms with E-state index in [-0.39, 0.29) is 22.3 Å². The third kappa shape index (κ3) is 3.86. The number of esters is 1. The Kier molecular flexibility index (Phi) is 4.94. The van der Waals surface area contributed by atoms with Gasteiger partial charge in [-0.15, -0.1) is 0 Å². The van der Waals surface area contributed by atoms with E-state index in [1.54, 1.807) is 18.2 Å². The molecule has 0 radical (unpaired) electrons. The lowest BCUT2D eigenvalue weighted by atomic mass is 10.1. The first-order valence-electron chi connectivity index (χ1n) is 7.46. The third-order valence-corrected chi connectivity index (χ3v) is 3.71. The number of ether oxygens (including phenoxy) is 2.